The van der Waals surface area contributed by atoms with Crippen LogP contribution in [0.2, 0.25) is 0 Å². The van der Waals surface area contributed by atoms with E-state index in [9.17, 15) is 13.2 Å². The van der Waals surface area contributed by atoms with Crippen LogP contribution in [0.25, 0.3) is 0 Å². The summed E-state index contributed by atoms with van der Waals surface area (Å²) in [6.07, 6.45) is 2.78. The van der Waals surface area contributed by atoms with Crippen molar-refractivity contribution in [2.24, 2.45) is 5.73 Å². The second-order valence-electron chi connectivity index (χ2n) is 4.79. The molecule has 0 fully saturated rings. The van der Waals surface area contributed by atoms with E-state index in [1.807, 2.05) is 6.92 Å². The molecular formula is C14H22N2O3S2. The average Bonchev–Trinajstić information content (AvgIpc) is 2.41. The summed E-state index contributed by atoms with van der Waals surface area (Å²) < 4.78 is 22.7. The van der Waals surface area contributed by atoms with Gasteiger partial charge in [0.15, 0.2) is 9.84 Å². The molecule has 0 spiro atoms. The first kappa shape index (κ1) is 18.0. The van der Waals surface area contributed by atoms with Crippen LogP contribution in [-0.2, 0) is 14.6 Å². The summed E-state index contributed by atoms with van der Waals surface area (Å²) in [6, 6.07) is 6.43. The Morgan fingerprint density at radius 1 is 1.33 bits per heavy atom. The van der Waals surface area contributed by atoms with Crippen LogP contribution < -0.4 is 11.1 Å². The molecule has 0 saturated carbocycles. The molecule has 0 aliphatic rings. The minimum Gasteiger partial charge on any atom is -0.368 e. The van der Waals surface area contributed by atoms with E-state index in [1.54, 1.807) is 36.0 Å². The lowest BCUT2D eigenvalue weighted by Gasteiger charge is -2.14. The van der Waals surface area contributed by atoms with Crippen LogP contribution in [-0.4, -0.2) is 38.9 Å². The van der Waals surface area contributed by atoms with Gasteiger partial charge in [0.25, 0.3) is 0 Å². The molecule has 21 heavy (non-hydrogen) atoms. The van der Waals surface area contributed by atoms with Crippen LogP contribution in [0, 0.1) is 0 Å². The van der Waals surface area contributed by atoms with E-state index in [-0.39, 0.29) is 11.9 Å². The molecule has 1 amide bonds. The highest BCUT2D eigenvalue weighted by atomic mass is 32.2. The summed E-state index contributed by atoms with van der Waals surface area (Å²) in [7, 11) is -3.16. The van der Waals surface area contributed by atoms with Gasteiger partial charge in [-0.2, -0.15) is 0 Å². The topological polar surface area (TPSA) is 89.3 Å². The van der Waals surface area contributed by atoms with Gasteiger partial charge in [-0.05, 0) is 49.4 Å². The molecule has 0 aromatic heterocycles. The Balaban J connectivity index is 2.49. The molecular weight excluding hydrogens is 308 g/mol. The number of sulfone groups is 1. The molecule has 0 radical (unpaired) electrons. The van der Waals surface area contributed by atoms with E-state index in [0.717, 1.165) is 23.6 Å². The molecule has 0 aliphatic carbocycles. The molecule has 1 aromatic carbocycles. The number of hydrogen-bond donors (Lipinski definition) is 2. The Bertz CT molecular complexity index is 556. The van der Waals surface area contributed by atoms with Gasteiger partial charge in [0.1, 0.15) is 0 Å². The van der Waals surface area contributed by atoms with E-state index in [4.69, 9.17) is 5.73 Å². The summed E-state index contributed by atoms with van der Waals surface area (Å²) in [6.45, 7) is 2.80. The number of carbonyl (C=O) groups excluding carboxylic acids is 1. The van der Waals surface area contributed by atoms with Crippen molar-refractivity contribution in [2.75, 3.05) is 18.6 Å². The second kappa shape index (κ2) is 8.41. The monoisotopic (exact) mass is 330 g/mol. The van der Waals surface area contributed by atoms with Gasteiger partial charge < -0.3 is 11.1 Å². The number of thioether (sulfide) groups is 1. The summed E-state index contributed by atoms with van der Waals surface area (Å²) in [4.78, 5) is 12.6. The van der Waals surface area contributed by atoms with E-state index < -0.39 is 9.84 Å². The molecule has 7 heteroatoms. The van der Waals surface area contributed by atoms with Gasteiger partial charge in [-0.3, -0.25) is 4.79 Å². The van der Waals surface area contributed by atoms with Gasteiger partial charge in [-0.1, -0.05) is 6.92 Å². The zero-order valence-corrected chi connectivity index (χ0v) is 14.0. The molecule has 1 rings (SSSR count). The Morgan fingerprint density at radius 3 is 2.43 bits per heavy atom. The van der Waals surface area contributed by atoms with Crippen molar-refractivity contribution in [2.45, 2.75) is 35.6 Å². The fraction of sp³-hybridized carbons (Fsp3) is 0.500. The fourth-order valence-electron chi connectivity index (χ4n) is 1.74. The van der Waals surface area contributed by atoms with Crippen molar-refractivity contribution < 1.29 is 13.2 Å². The predicted octanol–water partition coefficient (Wildman–Crippen LogP) is 1.43. The van der Waals surface area contributed by atoms with Crippen molar-refractivity contribution in [3.8, 4) is 0 Å². The predicted molar refractivity (Wildman–Crippen MR) is 86.2 cm³/mol. The van der Waals surface area contributed by atoms with Crippen LogP contribution in [0.3, 0.4) is 0 Å². The maximum absolute atomic E-state index is 11.4. The van der Waals surface area contributed by atoms with Gasteiger partial charge >= 0.3 is 0 Å². The number of hydrogen-bond acceptors (Lipinski definition) is 5. The van der Waals surface area contributed by atoms with Crippen molar-refractivity contribution in [1.82, 2.24) is 5.32 Å². The van der Waals surface area contributed by atoms with Crippen molar-refractivity contribution in [1.29, 1.82) is 0 Å². The summed E-state index contributed by atoms with van der Waals surface area (Å²) >= 11 is 1.58. The van der Waals surface area contributed by atoms with E-state index in [0.29, 0.717) is 11.3 Å². The Hall–Kier alpha value is -1.05. The molecule has 0 aliphatic heterocycles. The SMILES string of the molecule is CCCNC(CCSc1ccc(S(C)(=O)=O)cc1)C(N)=O. The van der Waals surface area contributed by atoms with Gasteiger partial charge in [0.05, 0.1) is 10.9 Å². The van der Waals surface area contributed by atoms with Gasteiger partial charge in [0, 0.05) is 11.2 Å². The lowest BCUT2D eigenvalue weighted by atomic mass is 10.2. The first-order valence-electron chi connectivity index (χ1n) is 6.80. The van der Waals surface area contributed by atoms with Crippen molar-refractivity contribution in [3.63, 3.8) is 0 Å². The van der Waals surface area contributed by atoms with Crippen molar-refractivity contribution in [3.05, 3.63) is 24.3 Å². The van der Waals surface area contributed by atoms with E-state index in [1.165, 1.54) is 6.26 Å². The van der Waals surface area contributed by atoms with Gasteiger partial charge in [-0.25, -0.2) is 8.42 Å². The maximum Gasteiger partial charge on any atom is 0.234 e. The third-order valence-electron chi connectivity index (χ3n) is 2.91. The fourth-order valence-corrected chi connectivity index (χ4v) is 3.29. The normalized spacial score (nSPS) is 13.0. The number of amides is 1. The summed E-state index contributed by atoms with van der Waals surface area (Å²) in [5.74, 6) is 0.402. The minimum absolute atomic E-state index is 0.312. The summed E-state index contributed by atoms with van der Waals surface area (Å²) in [5, 5.41) is 3.12. The van der Waals surface area contributed by atoms with Crippen LogP contribution in [0.4, 0.5) is 0 Å². The number of primary amides is 1. The van der Waals surface area contributed by atoms with E-state index in [2.05, 4.69) is 5.32 Å². The number of nitrogens with one attached hydrogen (secondary N) is 1. The molecule has 0 heterocycles. The van der Waals surface area contributed by atoms with Gasteiger partial charge in [0.2, 0.25) is 5.91 Å². The lowest BCUT2D eigenvalue weighted by molar-refractivity contribution is -0.120. The first-order valence-corrected chi connectivity index (χ1v) is 9.68. The Morgan fingerprint density at radius 2 is 1.95 bits per heavy atom. The molecule has 1 atom stereocenters. The highest BCUT2D eigenvalue weighted by Gasteiger charge is 2.13. The third kappa shape index (κ3) is 6.50. The second-order valence-corrected chi connectivity index (χ2v) is 7.97. The van der Waals surface area contributed by atoms with Crippen LogP contribution in [0.1, 0.15) is 19.8 Å². The number of rotatable bonds is 9. The largest absolute Gasteiger partial charge is 0.368 e. The molecule has 5 nitrogen and oxygen atoms in total. The van der Waals surface area contributed by atoms with Gasteiger partial charge in [-0.15, -0.1) is 11.8 Å². The Kier molecular flexibility index (Phi) is 7.21. The molecule has 118 valence electrons. The lowest BCUT2D eigenvalue weighted by Crippen LogP contribution is -2.41. The molecule has 1 aromatic rings. The van der Waals surface area contributed by atoms with Crippen molar-refractivity contribution >= 4 is 27.5 Å². The van der Waals surface area contributed by atoms with E-state index >= 15 is 0 Å². The zero-order chi connectivity index (χ0) is 15.9. The third-order valence-corrected chi connectivity index (χ3v) is 5.09. The molecule has 3 N–H and O–H groups in total. The van der Waals surface area contributed by atoms with Crippen LogP contribution >= 0.6 is 11.8 Å². The Labute approximate surface area is 130 Å². The highest BCUT2D eigenvalue weighted by molar-refractivity contribution is 7.99. The standard InChI is InChI=1S/C14H22N2O3S2/c1-3-9-16-13(14(15)17)8-10-20-11-4-6-12(7-5-11)21(2,18)19/h4-7,13,16H,3,8-10H2,1-2H3,(H2,15,17). The summed E-state index contributed by atoms with van der Waals surface area (Å²) in [5.41, 5.74) is 5.35. The zero-order valence-electron chi connectivity index (χ0n) is 12.3. The van der Waals surface area contributed by atoms with Crippen LogP contribution in [0.15, 0.2) is 34.1 Å². The molecule has 0 bridgehead atoms. The minimum atomic E-state index is -3.16. The van der Waals surface area contributed by atoms with Crippen LogP contribution in [0.5, 0.6) is 0 Å². The maximum atomic E-state index is 11.4. The number of carbonyl (C=O) groups is 1. The smallest absolute Gasteiger partial charge is 0.234 e. The number of nitrogens with two attached hydrogens (primary N) is 1. The average molecular weight is 330 g/mol. The highest BCUT2D eigenvalue weighted by Crippen LogP contribution is 2.21. The quantitative estimate of drug-likeness (QED) is 0.669. The first-order chi connectivity index (χ1) is 9.84. The number of benzene rings is 1. The molecule has 0 saturated heterocycles. The molecule has 1 unspecified atom stereocenters.